The summed E-state index contributed by atoms with van der Waals surface area (Å²) in [6.45, 7) is 0.255. The van der Waals surface area contributed by atoms with Crippen LogP contribution in [0, 0.1) is 0 Å². The number of Topliss-reactive ketones (excluding diaryl/α,β-unsaturated/α-hetero) is 1. The van der Waals surface area contributed by atoms with E-state index in [4.69, 9.17) is 0 Å². The van der Waals surface area contributed by atoms with Crippen molar-refractivity contribution in [1.82, 2.24) is 5.32 Å². The number of rotatable bonds is 4. The van der Waals surface area contributed by atoms with Crippen molar-refractivity contribution in [1.29, 1.82) is 0 Å². The molecule has 0 bridgehead atoms. The number of carbonyl (C=O) groups is 2. The summed E-state index contributed by atoms with van der Waals surface area (Å²) >= 11 is 0. The Balaban J connectivity index is 2.92. The lowest BCUT2D eigenvalue weighted by Crippen LogP contribution is -2.18. The van der Waals surface area contributed by atoms with E-state index in [0.29, 0.717) is 11.1 Å². The molecule has 1 aromatic rings. The molecule has 0 aliphatic heterocycles. The number of carbonyl (C=O) groups excluding carboxylic acids is 2. The molecule has 1 rings (SSSR count). The fourth-order valence-electron chi connectivity index (χ4n) is 1.20. The molecule has 80 valence electrons. The van der Waals surface area contributed by atoms with Gasteiger partial charge in [-0.25, -0.2) is 4.79 Å². The molecule has 0 heterocycles. The van der Waals surface area contributed by atoms with Crippen molar-refractivity contribution in [2.75, 3.05) is 20.7 Å². The number of hydrogen-bond acceptors (Lipinski definition) is 4. The van der Waals surface area contributed by atoms with Crippen molar-refractivity contribution in [3.63, 3.8) is 0 Å². The van der Waals surface area contributed by atoms with E-state index in [9.17, 15) is 9.59 Å². The van der Waals surface area contributed by atoms with Crippen LogP contribution < -0.4 is 5.32 Å². The molecule has 0 aromatic heterocycles. The topological polar surface area (TPSA) is 55.4 Å². The van der Waals surface area contributed by atoms with Crippen molar-refractivity contribution >= 4 is 11.8 Å². The predicted molar refractivity (Wildman–Crippen MR) is 56.0 cm³/mol. The summed E-state index contributed by atoms with van der Waals surface area (Å²) in [6.07, 6.45) is 0. The summed E-state index contributed by atoms with van der Waals surface area (Å²) in [5.41, 5.74) is 0.895. The normalized spacial score (nSPS) is 9.73. The van der Waals surface area contributed by atoms with Crippen molar-refractivity contribution in [3.8, 4) is 0 Å². The Morgan fingerprint density at radius 3 is 2.60 bits per heavy atom. The van der Waals surface area contributed by atoms with Crippen LogP contribution in [-0.2, 0) is 4.74 Å². The predicted octanol–water partition coefficient (Wildman–Crippen LogP) is 0.875. The van der Waals surface area contributed by atoms with Gasteiger partial charge in [-0.05, 0) is 19.2 Å². The number of ether oxygens (including phenoxy) is 1. The number of benzene rings is 1. The second-order valence-electron chi connectivity index (χ2n) is 3.03. The van der Waals surface area contributed by atoms with Crippen LogP contribution in [-0.4, -0.2) is 32.5 Å². The van der Waals surface area contributed by atoms with Gasteiger partial charge in [-0.3, -0.25) is 4.79 Å². The van der Waals surface area contributed by atoms with Crippen molar-refractivity contribution < 1.29 is 14.3 Å². The van der Waals surface area contributed by atoms with Gasteiger partial charge in [0.2, 0.25) is 0 Å². The highest BCUT2D eigenvalue weighted by atomic mass is 16.5. The van der Waals surface area contributed by atoms with Gasteiger partial charge in [0.25, 0.3) is 0 Å². The third-order valence-corrected chi connectivity index (χ3v) is 1.94. The number of nitrogens with one attached hydrogen (secondary N) is 1. The maximum Gasteiger partial charge on any atom is 0.337 e. The third kappa shape index (κ3) is 2.89. The second-order valence-corrected chi connectivity index (χ2v) is 3.03. The molecule has 0 radical (unpaired) electrons. The molecular weight excluding hydrogens is 194 g/mol. The summed E-state index contributed by atoms with van der Waals surface area (Å²) in [6, 6.07) is 6.48. The molecule has 0 aliphatic rings. The van der Waals surface area contributed by atoms with E-state index in [-0.39, 0.29) is 12.3 Å². The first-order chi connectivity index (χ1) is 7.19. The molecule has 0 atom stereocenters. The number of ketones is 1. The lowest BCUT2D eigenvalue weighted by atomic mass is 10.1. The number of methoxy groups -OCH3 is 1. The van der Waals surface area contributed by atoms with Crippen LogP contribution in [0.15, 0.2) is 24.3 Å². The zero-order valence-electron chi connectivity index (χ0n) is 8.74. The Bertz CT molecular complexity index is 374. The third-order valence-electron chi connectivity index (χ3n) is 1.94. The molecule has 0 unspecified atom stereocenters. The largest absolute Gasteiger partial charge is 0.465 e. The average molecular weight is 207 g/mol. The number of esters is 1. The molecule has 4 heteroatoms. The van der Waals surface area contributed by atoms with Gasteiger partial charge in [0, 0.05) is 5.56 Å². The van der Waals surface area contributed by atoms with Gasteiger partial charge in [0.1, 0.15) is 0 Å². The zero-order chi connectivity index (χ0) is 11.3. The standard InChI is InChI=1S/C11H13NO3/c1-12-7-10(13)8-4-3-5-9(6-8)11(14)15-2/h3-6,12H,7H2,1-2H3. The Kier molecular flexibility index (Phi) is 4.00. The van der Waals surface area contributed by atoms with Crippen LogP contribution in [0.5, 0.6) is 0 Å². The lowest BCUT2D eigenvalue weighted by Gasteiger charge is -2.02. The summed E-state index contributed by atoms with van der Waals surface area (Å²) in [4.78, 5) is 22.7. The van der Waals surface area contributed by atoms with Crippen molar-refractivity contribution in [3.05, 3.63) is 35.4 Å². The molecule has 0 saturated heterocycles. The van der Waals surface area contributed by atoms with Gasteiger partial charge in [-0.2, -0.15) is 0 Å². The maximum absolute atomic E-state index is 11.5. The smallest absolute Gasteiger partial charge is 0.337 e. The van der Waals surface area contributed by atoms with E-state index in [1.54, 1.807) is 25.2 Å². The molecule has 0 spiro atoms. The summed E-state index contributed by atoms with van der Waals surface area (Å²) in [5.74, 6) is -0.489. The summed E-state index contributed by atoms with van der Waals surface area (Å²) in [7, 11) is 3.01. The van der Waals surface area contributed by atoms with Gasteiger partial charge in [-0.1, -0.05) is 12.1 Å². The first kappa shape index (κ1) is 11.4. The Morgan fingerprint density at radius 2 is 2.00 bits per heavy atom. The van der Waals surface area contributed by atoms with E-state index in [1.165, 1.54) is 13.2 Å². The summed E-state index contributed by atoms with van der Waals surface area (Å²) in [5, 5.41) is 2.76. The van der Waals surface area contributed by atoms with Crippen LogP contribution in [0.2, 0.25) is 0 Å². The van der Waals surface area contributed by atoms with Crippen LogP contribution in [0.25, 0.3) is 0 Å². The minimum absolute atomic E-state index is 0.0525. The number of hydrogen-bond donors (Lipinski definition) is 1. The minimum atomic E-state index is -0.436. The number of likely N-dealkylation sites (N-methyl/N-ethyl adjacent to an activating group) is 1. The van der Waals surface area contributed by atoms with Crippen molar-refractivity contribution in [2.24, 2.45) is 0 Å². The molecule has 1 aromatic carbocycles. The Hall–Kier alpha value is -1.68. The molecule has 1 N–H and O–H groups in total. The Morgan fingerprint density at radius 1 is 1.33 bits per heavy atom. The first-order valence-corrected chi connectivity index (χ1v) is 4.55. The van der Waals surface area contributed by atoms with Crippen LogP contribution >= 0.6 is 0 Å². The first-order valence-electron chi connectivity index (χ1n) is 4.55. The van der Waals surface area contributed by atoms with Gasteiger partial charge >= 0.3 is 5.97 Å². The molecule has 0 saturated carbocycles. The molecule has 0 aliphatic carbocycles. The monoisotopic (exact) mass is 207 g/mol. The van der Waals surface area contributed by atoms with E-state index >= 15 is 0 Å². The van der Waals surface area contributed by atoms with E-state index < -0.39 is 5.97 Å². The molecule has 0 amide bonds. The van der Waals surface area contributed by atoms with Crippen molar-refractivity contribution in [2.45, 2.75) is 0 Å². The fourth-order valence-corrected chi connectivity index (χ4v) is 1.20. The molecule has 15 heavy (non-hydrogen) atoms. The fraction of sp³-hybridized carbons (Fsp3) is 0.273. The SMILES string of the molecule is CNCC(=O)c1cccc(C(=O)OC)c1. The van der Waals surface area contributed by atoms with Gasteiger partial charge < -0.3 is 10.1 Å². The molecule has 4 nitrogen and oxygen atoms in total. The van der Waals surface area contributed by atoms with Gasteiger partial charge in [-0.15, -0.1) is 0 Å². The molecular formula is C11H13NO3. The lowest BCUT2D eigenvalue weighted by molar-refractivity contribution is 0.0600. The highest BCUT2D eigenvalue weighted by molar-refractivity contribution is 6.00. The zero-order valence-corrected chi connectivity index (χ0v) is 8.74. The maximum atomic E-state index is 11.5. The van der Waals surface area contributed by atoms with E-state index in [1.807, 2.05) is 0 Å². The van der Waals surface area contributed by atoms with Gasteiger partial charge in [0.05, 0.1) is 19.2 Å². The summed E-state index contributed by atoms with van der Waals surface area (Å²) < 4.78 is 4.57. The minimum Gasteiger partial charge on any atom is -0.465 e. The van der Waals surface area contributed by atoms with E-state index in [2.05, 4.69) is 10.1 Å². The van der Waals surface area contributed by atoms with Gasteiger partial charge in [0.15, 0.2) is 5.78 Å². The highest BCUT2D eigenvalue weighted by Gasteiger charge is 2.09. The van der Waals surface area contributed by atoms with Crippen LogP contribution in [0.4, 0.5) is 0 Å². The quantitative estimate of drug-likeness (QED) is 0.588. The molecule has 0 fully saturated rings. The highest BCUT2D eigenvalue weighted by Crippen LogP contribution is 2.07. The van der Waals surface area contributed by atoms with E-state index in [0.717, 1.165) is 0 Å². The average Bonchev–Trinajstić information content (AvgIpc) is 2.28. The second kappa shape index (κ2) is 5.26. The Labute approximate surface area is 88.2 Å². The van der Waals surface area contributed by atoms with Crippen LogP contribution in [0.3, 0.4) is 0 Å². The van der Waals surface area contributed by atoms with Crippen LogP contribution in [0.1, 0.15) is 20.7 Å².